The molecule has 2 aromatic rings. The molecule has 1 aromatic carbocycles. The molecule has 0 spiro atoms. The lowest BCUT2D eigenvalue weighted by Gasteiger charge is -2.50. The van der Waals surface area contributed by atoms with E-state index >= 15 is 0 Å². The number of carbonyl (C=O) groups is 1. The van der Waals surface area contributed by atoms with Gasteiger partial charge >= 0.3 is 0 Å². The normalized spacial score (nSPS) is 23.8. The Bertz CT molecular complexity index is 1130. The molecule has 1 aliphatic rings. The number of hydrogen-bond donors (Lipinski definition) is 2. The van der Waals surface area contributed by atoms with E-state index in [0.717, 1.165) is 11.1 Å². The van der Waals surface area contributed by atoms with E-state index in [-0.39, 0.29) is 30.2 Å². The molecule has 9 nitrogen and oxygen atoms in total. The third-order valence-corrected chi connectivity index (χ3v) is 8.47. The van der Waals surface area contributed by atoms with E-state index in [1.165, 1.54) is 12.1 Å². The van der Waals surface area contributed by atoms with Gasteiger partial charge in [0.25, 0.3) is 11.2 Å². The maximum Gasteiger partial charge on any atom is 0.283 e. The second-order valence-corrected chi connectivity index (χ2v) is 10.7. The van der Waals surface area contributed by atoms with Crippen molar-refractivity contribution in [2.75, 3.05) is 5.32 Å². The van der Waals surface area contributed by atoms with Crippen LogP contribution in [0.3, 0.4) is 0 Å². The molecule has 1 aromatic heterocycles. The molecule has 1 aliphatic carbocycles. The number of benzene rings is 1. The number of nitrogens with zero attached hydrogens (tertiary/aromatic N) is 3. The quantitative estimate of drug-likeness (QED) is 0.403. The second-order valence-electron chi connectivity index (χ2n) is 9.90. The van der Waals surface area contributed by atoms with Crippen molar-refractivity contribution in [3.8, 4) is 0 Å². The van der Waals surface area contributed by atoms with Gasteiger partial charge in [0, 0.05) is 24.7 Å². The standard InChI is InChI=1S/C24H32BrN5O4/c1-14-9-19(15(2)16(3)24(14,4)5)28-20-12-27-29(23(32)22(20)25)13-21(31)26-11-17-7-6-8-18(10-17)30(33)34/h6-8,10,12,14-16,19,28H,9,11,13H2,1-5H3,(H,26,31)/t14-,15+,16+,19+/m0/s1. The van der Waals surface area contributed by atoms with Crippen molar-refractivity contribution in [3.05, 3.63) is 61.0 Å². The maximum absolute atomic E-state index is 12.8. The van der Waals surface area contributed by atoms with Crippen molar-refractivity contribution in [2.24, 2.45) is 23.2 Å². The molecule has 0 aliphatic heterocycles. The third-order valence-electron chi connectivity index (χ3n) is 7.70. The van der Waals surface area contributed by atoms with E-state index in [1.807, 2.05) is 0 Å². The summed E-state index contributed by atoms with van der Waals surface area (Å²) in [6, 6.07) is 6.24. The van der Waals surface area contributed by atoms with Crippen LogP contribution in [-0.2, 0) is 17.9 Å². The number of hydrogen-bond acceptors (Lipinski definition) is 6. The zero-order valence-corrected chi connectivity index (χ0v) is 21.8. The first kappa shape index (κ1) is 25.9. The van der Waals surface area contributed by atoms with Crippen LogP contribution in [0.4, 0.5) is 11.4 Å². The maximum atomic E-state index is 12.8. The Morgan fingerprint density at radius 1 is 1.32 bits per heavy atom. The van der Waals surface area contributed by atoms with Crippen LogP contribution in [-0.4, -0.2) is 26.7 Å². The van der Waals surface area contributed by atoms with Gasteiger partial charge in [0.15, 0.2) is 0 Å². The molecule has 184 valence electrons. The second kappa shape index (κ2) is 10.2. The summed E-state index contributed by atoms with van der Waals surface area (Å²) in [6.07, 6.45) is 2.56. The van der Waals surface area contributed by atoms with Gasteiger partial charge in [-0.2, -0.15) is 5.10 Å². The molecule has 3 rings (SSSR count). The highest BCUT2D eigenvalue weighted by Gasteiger charge is 2.43. The number of aromatic nitrogens is 2. The molecule has 0 unspecified atom stereocenters. The number of anilines is 1. The van der Waals surface area contributed by atoms with Crippen LogP contribution in [0.25, 0.3) is 0 Å². The largest absolute Gasteiger partial charge is 0.380 e. The first-order chi connectivity index (χ1) is 15.9. The highest BCUT2D eigenvalue weighted by Crippen LogP contribution is 2.48. The minimum atomic E-state index is -0.488. The highest BCUT2D eigenvalue weighted by molar-refractivity contribution is 9.10. The van der Waals surface area contributed by atoms with Crippen LogP contribution in [0, 0.1) is 33.3 Å². The van der Waals surface area contributed by atoms with Gasteiger partial charge in [-0.25, -0.2) is 4.68 Å². The SMILES string of the molecule is C[C@@H]1[C@@H](C)C(C)(C)[C@@H](C)C[C@H]1Nc1cnn(CC(=O)NCc2cccc([N+](=O)[O-])c2)c(=O)c1Br. The molecule has 10 heteroatoms. The fraction of sp³-hybridized carbons (Fsp3) is 0.542. The average molecular weight is 534 g/mol. The summed E-state index contributed by atoms with van der Waals surface area (Å²) >= 11 is 3.39. The topological polar surface area (TPSA) is 119 Å². The Hall–Kier alpha value is -2.75. The summed E-state index contributed by atoms with van der Waals surface area (Å²) in [4.78, 5) is 35.6. The molecular weight excluding hydrogens is 502 g/mol. The molecule has 0 radical (unpaired) electrons. The van der Waals surface area contributed by atoms with Gasteiger partial charge in [0.2, 0.25) is 5.91 Å². The van der Waals surface area contributed by atoms with Crippen molar-refractivity contribution >= 4 is 33.2 Å². The Morgan fingerprint density at radius 3 is 2.71 bits per heavy atom. The minimum absolute atomic E-state index is 0.0451. The Labute approximate surface area is 207 Å². The summed E-state index contributed by atoms with van der Waals surface area (Å²) < 4.78 is 1.43. The first-order valence-electron chi connectivity index (χ1n) is 11.4. The first-order valence-corrected chi connectivity index (χ1v) is 12.2. The molecule has 4 atom stereocenters. The van der Waals surface area contributed by atoms with Crippen LogP contribution in [0.2, 0.25) is 0 Å². The number of halogens is 1. The van der Waals surface area contributed by atoms with Crippen molar-refractivity contribution in [3.63, 3.8) is 0 Å². The van der Waals surface area contributed by atoms with Gasteiger partial charge in [-0.1, -0.05) is 46.8 Å². The number of non-ortho nitro benzene ring substituents is 1. The summed E-state index contributed by atoms with van der Waals surface area (Å²) in [7, 11) is 0. The molecule has 0 bridgehead atoms. The van der Waals surface area contributed by atoms with E-state index in [2.05, 4.69) is 66.3 Å². The van der Waals surface area contributed by atoms with E-state index in [0.29, 0.717) is 33.5 Å². The predicted octanol–water partition coefficient (Wildman–Crippen LogP) is 4.35. The van der Waals surface area contributed by atoms with Crippen molar-refractivity contribution in [2.45, 2.75) is 60.2 Å². The van der Waals surface area contributed by atoms with Crippen molar-refractivity contribution in [1.82, 2.24) is 15.1 Å². The zero-order valence-electron chi connectivity index (χ0n) is 20.2. The molecule has 0 saturated heterocycles. The summed E-state index contributed by atoms with van der Waals surface area (Å²) in [5.74, 6) is 1.04. The number of carbonyl (C=O) groups excluding carboxylic acids is 1. The summed E-state index contributed by atoms with van der Waals surface area (Å²) in [5.41, 5.74) is 1.01. The van der Waals surface area contributed by atoms with E-state index in [9.17, 15) is 19.7 Å². The lowest BCUT2D eigenvalue weighted by Crippen LogP contribution is -2.48. The Balaban J connectivity index is 1.65. The third kappa shape index (κ3) is 5.48. The Kier molecular flexibility index (Phi) is 7.80. The molecule has 1 amide bonds. The van der Waals surface area contributed by atoms with Gasteiger partial charge in [-0.3, -0.25) is 19.7 Å². The number of nitrogens with one attached hydrogen (secondary N) is 2. The Morgan fingerprint density at radius 2 is 2.03 bits per heavy atom. The summed E-state index contributed by atoms with van der Waals surface area (Å²) in [5, 5.41) is 21.3. The molecule has 1 fully saturated rings. The van der Waals surface area contributed by atoms with Gasteiger partial charge in [0.05, 0.1) is 16.8 Å². The molecule has 34 heavy (non-hydrogen) atoms. The number of nitro groups is 1. The summed E-state index contributed by atoms with van der Waals surface area (Å²) in [6.45, 7) is 11.3. The lowest BCUT2D eigenvalue weighted by molar-refractivity contribution is -0.384. The van der Waals surface area contributed by atoms with Crippen molar-refractivity contribution in [1.29, 1.82) is 0 Å². The number of rotatable bonds is 7. The van der Waals surface area contributed by atoms with Gasteiger partial charge in [-0.05, 0) is 51.1 Å². The fourth-order valence-corrected chi connectivity index (χ4v) is 5.04. The van der Waals surface area contributed by atoms with Crippen LogP contribution >= 0.6 is 15.9 Å². The van der Waals surface area contributed by atoms with Gasteiger partial charge in [0.1, 0.15) is 11.0 Å². The monoisotopic (exact) mass is 533 g/mol. The van der Waals surface area contributed by atoms with Crippen LogP contribution in [0.1, 0.15) is 46.6 Å². The van der Waals surface area contributed by atoms with Gasteiger partial charge < -0.3 is 10.6 Å². The van der Waals surface area contributed by atoms with E-state index in [1.54, 1.807) is 18.3 Å². The number of amides is 1. The minimum Gasteiger partial charge on any atom is -0.380 e. The fourth-order valence-electron chi connectivity index (χ4n) is 4.62. The molecular formula is C24H32BrN5O4. The van der Waals surface area contributed by atoms with Crippen molar-refractivity contribution < 1.29 is 9.72 Å². The highest BCUT2D eigenvalue weighted by atomic mass is 79.9. The van der Waals surface area contributed by atoms with E-state index < -0.39 is 16.4 Å². The predicted molar refractivity (Wildman–Crippen MR) is 134 cm³/mol. The molecule has 1 saturated carbocycles. The molecule has 2 N–H and O–H groups in total. The van der Waals surface area contributed by atoms with Crippen LogP contribution in [0.15, 0.2) is 39.7 Å². The molecule has 1 heterocycles. The lowest BCUT2D eigenvalue weighted by atomic mass is 9.58. The van der Waals surface area contributed by atoms with Gasteiger partial charge in [-0.15, -0.1) is 0 Å². The average Bonchev–Trinajstić information content (AvgIpc) is 2.80. The zero-order chi connectivity index (χ0) is 25.2. The van der Waals surface area contributed by atoms with E-state index in [4.69, 9.17) is 0 Å². The van der Waals surface area contributed by atoms with Crippen LogP contribution < -0.4 is 16.2 Å². The smallest absolute Gasteiger partial charge is 0.283 e. The number of nitro benzene ring substituents is 1. The van der Waals surface area contributed by atoms with Crippen LogP contribution in [0.5, 0.6) is 0 Å².